The predicted molar refractivity (Wildman–Crippen MR) is 75.9 cm³/mol. The number of nitrogens with zero attached hydrogens (tertiary/aromatic N) is 6. The molecule has 0 spiro atoms. The minimum absolute atomic E-state index is 0.150. The summed E-state index contributed by atoms with van der Waals surface area (Å²) >= 11 is 0. The smallest absolute Gasteiger partial charge is 0.109 e. The van der Waals surface area contributed by atoms with Crippen LogP contribution in [0.3, 0.4) is 0 Å². The lowest BCUT2D eigenvalue weighted by Gasteiger charge is -2.04. The van der Waals surface area contributed by atoms with Gasteiger partial charge < -0.3 is 0 Å². The molecule has 2 aromatic carbocycles. The van der Waals surface area contributed by atoms with Crippen LogP contribution in [0.25, 0.3) is 22.1 Å². The van der Waals surface area contributed by atoms with E-state index >= 15 is 0 Å². The summed E-state index contributed by atoms with van der Waals surface area (Å²) in [5.74, 6) is 0. The number of rotatable bonds is 0. The third-order valence-electron chi connectivity index (χ3n) is 3.22. The summed E-state index contributed by atoms with van der Waals surface area (Å²) in [7, 11) is 0. The van der Waals surface area contributed by atoms with E-state index in [-0.39, 0.29) is 22.3 Å². The highest BCUT2D eigenvalue weighted by atomic mass is 14.8. The van der Waals surface area contributed by atoms with Gasteiger partial charge >= 0.3 is 0 Å². The highest BCUT2D eigenvalue weighted by molar-refractivity contribution is 5.91. The minimum Gasteiger partial charge on any atom is -0.244 e. The molecule has 1 aromatic heterocycles. The van der Waals surface area contributed by atoms with Gasteiger partial charge in [-0.25, -0.2) is 9.97 Å². The summed E-state index contributed by atoms with van der Waals surface area (Å²) in [6, 6.07) is 13.8. The zero-order valence-corrected chi connectivity index (χ0v) is 11.0. The average molecular weight is 280 g/mol. The number of hydrogen-bond acceptors (Lipinski definition) is 6. The van der Waals surface area contributed by atoms with Crippen LogP contribution >= 0.6 is 0 Å². The Hall–Kier alpha value is -4.00. The molecule has 0 unspecified atom stereocenters. The Labute approximate surface area is 124 Å². The predicted octanol–water partition coefficient (Wildman–Crippen LogP) is 2.27. The Bertz CT molecular complexity index is 1100. The molecule has 98 valence electrons. The van der Waals surface area contributed by atoms with Gasteiger partial charge in [-0.05, 0) is 24.3 Å². The van der Waals surface area contributed by atoms with E-state index in [4.69, 9.17) is 15.8 Å². The van der Waals surface area contributed by atoms with E-state index < -0.39 is 0 Å². The number of aromatic nitrogens is 2. The van der Waals surface area contributed by atoms with Crippen molar-refractivity contribution in [1.29, 1.82) is 21.0 Å². The maximum Gasteiger partial charge on any atom is 0.109 e. The summed E-state index contributed by atoms with van der Waals surface area (Å²) in [4.78, 5) is 8.71. The fourth-order valence-electron chi connectivity index (χ4n) is 2.18. The molecule has 0 bridgehead atoms. The molecule has 0 atom stereocenters. The molecule has 0 saturated heterocycles. The maximum absolute atomic E-state index is 9.24. The van der Waals surface area contributed by atoms with Crippen molar-refractivity contribution in [2.24, 2.45) is 0 Å². The van der Waals surface area contributed by atoms with Crippen LogP contribution in [0.1, 0.15) is 22.3 Å². The van der Waals surface area contributed by atoms with Crippen LogP contribution in [0.5, 0.6) is 0 Å². The highest BCUT2D eigenvalue weighted by Gasteiger charge is 2.12. The Balaban J connectivity index is 2.49. The Kier molecular flexibility index (Phi) is 2.86. The lowest BCUT2D eigenvalue weighted by Crippen LogP contribution is -1.95. The van der Waals surface area contributed by atoms with Gasteiger partial charge in [0, 0.05) is 0 Å². The average Bonchev–Trinajstić information content (AvgIpc) is 2.57. The molecule has 0 saturated carbocycles. The molecular weight excluding hydrogens is 276 g/mol. The zero-order valence-electron chi connectivity index (χ0n) is 11.0. The van der Waals surface area contributed by atoms with Crippen molar-refractivity contribution in [3.8, 4) is 24.3 Å². The van der Waals surface area contributed by atoms with Crippen LogP contribution in [0.15, 0.2) is 24.3 Å². The maximum atomic E-state index is 9.24. The van der Waals surface area contributed by atoms with Gasteiger partial charge in [-0.3, -0.25) is 0 Å². The molecule has 22 heavy (non-hydrogen) atoms. The van der Waals surface area contributed by atoms with Crippen molar-refractivity contribution in [2.75, 3.05) is 0 Å². The fourth-order valence-corrected chi connectivity index (χ4v) is 2.18. The van der Waals surface area contributed by atoms with E-state index in [2.05, 4.69) is 9.97 Å². The number of hydrogen-bond donors (Lipinski definition) is 0. The highest BCUT2D eigenvalue weighted by Crippen LogP contribution is 2.23. The van der Waals surface area contributed by atoms with Gasteiger partial charge in [-0.15, -0.1) is 0 Å². The third-order valence-corrected chi connectivity index (χ3v) is 3.22. The van der Waals surface area contributed by atoms with Crippen LogP contribution in [-0.2, 0) is 0 Å². The summed E-state index contributed by atoms with van der Waals surface area (Å²) in [6.07, 6.45) is 0. The first-order valence-electron chi connectivity index (χ1n) is 6.10. The van der Waals surface area contributed by atoms with Gasteiger partial charge in [0.25, 0.3) is 0 Å². The first kappa shape index (κ1) is 13.0. The summed E-state index contributed by atoms with van der Waals surface area (Å²) in [5.41, 5.74) is 2.40. The monoisotopic (exact) mass is 280 g/mol. The van der Waals surface area contributed by atoms with E-state index in [9.17, 15) is 5.26 Å². The molecule has 0 aliphatic heterocycles. The molecular formula is C16H4N6. The quantitative estimate of drug-likeness (QED) is 0.582. The van der Waals surface area contributed by atoms with Gasteiger partial charge in [0.05, 0.1) is 38.8 Å². The SMILES string of the molecule is N#Cc1cc2nc3ccc(C#N)c(C#N)c3nc2cc1C#N. The van der Waals surface area contributed by atoms with Crippen LogP contribution in [0, 0.1) is 45.3 Å². The molecule has 0 amide bonds. The van der Waals surface area contributed by atoms with Crippen LogP contribution in [0.4, 0.5) is 0 Å². The van der Waals surface area contributed by atoms with Gasteiger partial charge in [0.2, 0.25) is 0 Å². The number of benzene rings is 2. The Morgan fingerprint density at radius 3 is 1.77 bits per heavy atom. The number of nitriles is 4. The van der Waals surface area contributed by atoms with Crippen molar-refractivity contribution >= 4 is 22.1 Å². The normalized spacial score (nSPS) is 9.64. The van der Waals surface area contributed by atoms with Crippen LogP contribution < -0.4 is 0 Å². The minimum atomic E-state index is 0.150. The second-order valence-corrected chi connectivity index (χ2v) is 4.41. The fraction of sp³-hybridized carbons (Fsp3) is 0. The summed E-state index contributed by atoms with van der Waals surface area (Å²) in [5, 5.41) is 36.4. The Morgan fingerprint density at radius 2 is 1.23 bits per heavy atom. The van der Waals surface area contributed by atoms with Gasteiger partial charge in [-0.2, -0.15) is 21.0 Å². The van der Waals surface area contributed by atoms with Crippen molar-refractivity contribution < 1.29 is 0 Å². The van der Waals surface area contributed by atoms with E-state index in [0.717, 1.165) is 0 Å². The molecule has 1 heterocycles. The van der Waals surface area contributed by atoms with Crippen molar-refractivity contribution in [3.05, 3.63) is 46.5 Å². The first-order chi connectivity index (χ1) is 10.7. The van der Waals surface area contributed by atoms with Crippen molar-refractivity contribution in [3.63, 3.8) is 0 Å². The third kappa shape index (κ3) is 1.78. The molecule has 0 aliphatic carbocycles. The Morgan fingerprint density at radius 1 is 0.636 bits per heavy atom. The summed E-state index contributed by atoms with van der Waals surface area (Å²) < 4.78 is 0. The molecule has 6 heteroatoms. The van der Waals surface area contributed by atoms with Crippen LogP contribution in [-0.4, -0.2) is 9.97 Å². The number of fused-ring (bicyclic) bond motifs is 2. The molecule has 0 fully saturated rings. The van der Waals surface area contributed by atoms with Gasteiger partial charge in [-0.1, -0.05) is 0 Å². The second-order valence-electron chi connectivity index (χ2n) is 4.41. The molecule has 3 rings (SSSR count). The topological polar surface area (TPSA) is 121 Å². The molecule has 0 N–H and O–H groups in total. The van der Waals surface area contributed by atoms with Crippen molar-refractivity contribution in [2.45, 2.75) is 0 Å². The molecule has 0 radical (unpaired) electrons. The lowest BCUT2D eigenvalue weighted by molar-refractivity contribution is 1.35. The summed E-state index contributed by atoms with van der Waals surface area (Å²) in [6.45, 7) is 0. The first-order valence-corrected chi connectivity index (χ1v) is 6.10. The zero-order chi connectivity index (χ0) is 15.7. The molecule has 0 aliphatic rings. The largest absolute Gasteiger partial charge is 0.244 e. The standard InChI is InChI=1S/C16H4N6/c17-5-9-1-2-13-16(12(9)8-20)22-15-4-11(7-19)10(6-18)3-14(15)21-13/h1-4H. The van der Waals surface area contributed by atoms with E-state index in [1.807, 2.05) is 24.3 Å². The molecule has 3 aromatic rings. The van der Waals surface area contributed by atoms with Gasteiger partial charge in [0.1, 0.15) is 29.8 Å². The second kappa shape index (κ2) is 4.84. The van der Waals surface area contributed by atoms with E-state index in [1.54, 1.807) is 6.07 Å². The molecule has 6 nitrogen and oxygen atoms in total. The van der Waals surface area contributed by atoms with Crippen LogP contribution in [0.2, 0.25) is 0 Å². The van der Waals surface area contributed by atoms with Gasteiger partial charge in [0.15, 0.2) is 0 Å². The lowest BCUT2D eigenvalue weighted by atomic mass is 10.1. The van der Waals surface area contributed by atoms with E-state index in [1.165, 1.54) is 18.2 Å². The van der Waals surface area contributed by atoms with Crippen molar-refractivity contribution in [1.82, 2.24) is 9.97 Å². The van der Waals surface area contributed by atoms with E-state index in [0.29, 0.717) is 22.1 Å².